The number of nitrogens with zero attached hydrogens (tertiary/aromatic N) is 4. The number of halogens is 2. The Balaban J connectivity index is 1.69. The Kier molecular flexibility index (Phi) is 5.83. The lowest BCUT2D eigenvalue weighted by molar-refractivity contribution is 0.0989. The number of aryl methyl sites for hydroxylation is 3. The summed E-state index contributed by atoms with van der Waals surface area (Å²) in [5.41, 5.74) is 5.25. The van der Waals surface area contributed by atoms with Crippen molar-refractivity contribution in [2.75, 3.05) is 18.6 Å². The van der Waals surface area contributed by atoms with Crippen LogP contribution in [0.4, 0.5) is 20.2 Å². The minimum Gasteiger partial charge on any atom is -0.494 e. The molecule has 0 N–H and O–H groups in total. The molecule has 3 heterocycles. The van der Waals surface area contributed by atoms with Crippen molar-refractivity contribution in [3.63, 3.8) is 0 Å². The molecular weight excluding hydrogens is 450 g/mol. The molecule has 0 aliphatic carbocycles. The predicted octanol–water partition coefficient (Wildman–Crippen LogP) is 6.20. The number of Topliss-reactive ketones (excluding diaryl/α,β-unsaturated/α-hetero) is 1. The fourth-order valence-electron chi connectivity index (χ4n) is 5.12. The summed E-state index contributed by atoms with van der Waals surface area (Å²) >= 11 is 0. The van der Waals surface area contributed by atoms with E-state index in [2.05, 4.69) is 10.00 Å². The largest absolute Gasteiger partial charge is 0.494 e. The number of methoxy groups -OCH3 is 1. The van der Waals surface area contributed by atoms with Crippen molar-refractivity contribution in [1.29, 1.82) is 0 Å². The summed E-state index contributed by atoms with van der Waals surface area (Å²) in [6.07, 6.45) is 4.66. The van der Waals surface area contributed by atoms with E-state index in [4.69, 9.17) is 4.74 Å². The Morgan fingerprint density at radius 1 is 1.17 bits per heavy atom. The van der Waals surface area contributed by atoms with Crippen molar-refractivity contribution in [2.24, 2.45) is 14.1 Å². The fraction of sp³-hybridized carbons (Fsp3) is 0.333. The van der Waals surface area contributed by atoms with Gasteiger partial charge in [0.15, 0.2) is 5.78 Å². The molecule has 2 aromatic heterocycles. The van der Waals surface area contributed by atoms with Gasteiger partial charge < -0.3 is 14.2 Å². The molecule has 0 saturated carbocycles. The zero-order chi connectivity index (χ0) is 24.9. The van der Waals surface area contributed by atoms with Crippen LogP contribution in [0.2, 0.25) is 0 Å². The van der Waals surface area contributed by atoms with Gasteiger partial charge in [-0.15, -0.1) is 0 Å². The van der Waals surface area contributed by atoms with Gasteiger partial charge in [-0.25, -0.2) is 8.78 Å². The molecule has 4 aromatic rings. The van der Waals surface area contributed by atoms with Gasteiger partial charge in [0, 0.05) is 79.0 Å². The third-order valence-electron chi connectivity index (χ3n) is 6.80. The third-order valence-corrected chi connectivity index (χ3v) is 6.80. The molecule has 0 saturated heterocycles. The summed E-state index contributed by atoms with van der Waals surface area (Å²) in [4.78, 5) is 14.7. The lowest BCUT2D eigenvalue weighted by Crippen LogP contribution is -2.25. The number of alkyl halides is 2. The Labute approximate surface area is 202 Å². The van der Waals surface area contributed by atoms with E-state index in [-0.39, 0.29) is 11.3 Å². The van der Waals surface area contributed by atoms with Crippen molar-refractivity contribution in [3.05, 3.63) is 59.5 Å². The highest BCUT2D eigenvalue weighted by atomic mass is 19.3. The summed E-state index contributed by atoms with van der Waals surface area (Å²) < 4.78 is 37.7. The van der Waals surface area contributed by atoms with E-state index in [1.54, 1.807) is 37.3 Å². The molecule has 1 aliphatic rings. The van der Waals surface area contributed by atoms with Gasteiger partial charge >= 0.3 is 0 Å². The Bertz CT molecular complexity index is 1440. The highest BCUT2D eigenvalue weighted by molar-refractivity contribution is 6.10. The number of fused-ring (bicyclic) bond motifs is 2. The second kappa shape index (κ2) is 8.83. The van der Waals surface area contributed by atoms with Crippen LogP contribution in [0.3, 0.4) is 0 Å². The number of benzene rings is 2. The normalized spacial score (nSPS) is 13.5. The smallest absolute Gasteiger partial charge is 0.264 e. The molecule has 2 aromatic carbocycles. The molecule has 35 heavy (non-hydrogen) atoms. The minimum atomic E-state index is -2.63. The van der Waals surface area contributed by atoms with Gasteiger partial charge in [0.05, 0.1) is 18.8 Å². The molecule has 0 unspecified atom stereocenters. The first-order valence-corrected chi connectivity index (χ1v) is 11.7. The maximum absolute atomic E-state index is 14.2. The van der Waals surface area contributed by atoms with Crippen LogP contribution in [0.5, 0.6) is 5.75 Å². The van der Waals surface area contributed by atoms with E-state index in [0.717, 1.165) is 40.7 Å². The number of aromatic nitrogens is 3. The van der Waals surface area contributed by atoms with Gasteiger partial charge in [0.1, 0.15) is 5.75 Å². The van der Waals surface area contributed by atoms with Gasteiger partial charge in [-0.3, -0.25) is 9.48 Å². The van der Waals surface area contributed by atoms with E-state index >= 15 is 0 Å². The number of hydrogen-bond donors (Lipinski definition) is 0. The SMILES string of the molecule is CCC(=O)c1cn(C)c2c(OC)cc(N3CCCc4cc(-c5cnn(C)c5)c(C(F)F)cc43)cc12. The number of carbonyl (C=O) groups excluding carboxylic acids is 1. The lowest BCUT2D eigenvalue weighted by atomic mass is 9.92. The van der Waals surface area contributed by atoms with E-state index in [1.807, 2.05) is 42.9 Å². The van der Waals surface area contributed by atoms with E-state index in [1.165, 1.54) is 0 Å². The summed E-state index contributed by atoms with van der Waals surface area (Å²) in [6.45, 7) is 2.52. The second-order valence-electron chi connectivity index (χ2n) is 9.00. The minimum absolute atomic E-state index is 0.0155. The van der Waals surface area contributed by atoms with Crippen LogP contribution in [0.15, 0.2) is 42.9 Å². The molecule has 1 aliphatic heterocycles. The molecule has 0 spiro atoms. The molecule has 8 heteroatoms. The molecule has 6 nitrogen and oxygen atoms in total. The van der Waals surface area contributed by atoms with Gasteiger partial charge in [0.2, 0.25) is 0 Å². The van der Waals surface area contributed by atoms with Crippen molar-refractivity contribution in [1.82, 2.24) is 14.3 Å². The van der Waals surface area contributed by atoms with Crippen LogP contribution >= 0.6 is 0 Å². The molecule has 0 atom stereocenters. The predicted molar refractivity (Wildman–Crippen MR) is 133 cm³/mol. The van der Waals surface area contributed by atoms with Crippen LogP contribution in [-0.2, 0) is 20.5 Å². The third kappa shape index (κ3) is 3.87. The fourth-order valence-corrected chi connectivity index (χ4v) is 5.12. The average molecular weight is 479 g/mol. The summed E-state index contributed by atoms with van der Waals surface area (Å²) in [7, 11) is 5.27. The number of hydrogen-bond acceptors (Lipinski definition) is 4. The van der Waals surface area contributed by atoms with Gasteiger partial charge in [-0.2, -0.15) is 5.10 Å². The topological polar surface area (TPSA) is 52.3 Å². The molecular formula is C27H28F2N4O2. The summed E-state index contributed by atoms with van der Waals surface area (Å²) in [5, 5.41) is 4.97. The van der Waals surface area contributed by atoms with E-state index in [9.17, 15) is 13.6 Å². The van der Waals surface area contributed by atoms with Gasteiger partial charge in [-0.05, 0) is 42.2 Å². The van der Waals surface area contributed by atoms with E-state index < -0.39 is 6.43 Å². The highest BCUT2D eigenvalue weighted by Crippen LogP contribution is 2.43. The maximum atomic E-state index is 14.2. The first-order chi connectivity index (χ1) is 16.8. The lowest BCUT2D eigenvalue weighted by Gasteiger charge is -2.33. The van der Waals surface area contributed by atoms with Crippen molar-refractivity contribution >= 4 is 28.1 Å². The van der Waals surface area contributed by atoms with Crippen LogP contribution in [0.1, 0.15) is 47.7 Å². The van der Waals surface area contributed by atoms with Crippen molar-refractivity contribution in [3.8, 4) is 16.9 Å². The molecule has 5 rings (SSSR count). The number of carbonyl (C=O) groups is 1. The summed E-state index contributed by atoms with van der Waals surface area (Å²) in [5.74, 6) is 0.693. The van der Waals surface area contributed by atoms with Gasteiger partial charge in [0.25, 0.3) is 6.43 Å². The monoisotopic (exact) mass is 478 g/mol. The van der Waals surface area contributed by atoms with Crippen LogP contribution in [0, 0.1) is 0 Å². The molecule has 0 radical (unpaired) electrons. The Morgan fingerprint density at radius 3 is 2.63 bits per heavy atom. The Hall–Kier alpha value is -3.68. The second-order valence-corrected chi connectivity index (χ2v) is 9.00. The molecule has 0 bridgehead atoms. The first-order valence-electron chi connectivity index (χ1n) is 11.7. The zero-order valence-corrected chi connectivity index (χ0v) is 20.3. The van der Waals surface area contributed by atoms with Crippen LogP contribution in [0.25, 0.3) is 22.0 Å². The first kappa shape index (κ1) is 23.1. The maximum Gasteiger partial charge on any atom is 0.264 e. The standard InChI is InChI=1S/C27H28F2N4O2/c1-5-24(34)22-15-31(2)26-20(22)10-18(11-25(26)35-4)33-8-6-7-16-9-19(17-13-30-32(3)14-17)21(27(28)29)12-23(16)33/h9-15,27H,5-8H2,1-4H3. The number of ketones is 1. The number of rotatable bonds is 6. The Morgan fingerprint density at radius 2 is 1.97 bits per heavy atom. The summed E-state index contributed by atoms with van der Waals surface area (Å²) in [6, 6.07) is 7.40. The number of ether oxygens (including phenoxy) is 1. The van der Waals surface area contributed by atoms with Crippen LogP contribution in [-0.4, -0.2) is 33.8 Å². The molecule has 182 valence electrons. The number of anilines is 2. The van der Waals surface area contributed by atoms with Crippen molar-refractivity contribution in [2.45, 2.75) is 32.6 Å². The van der Waals surface area contributed by atoms with Crippen LogP contribution < -0.4 is 9.64 Å². The highest BCUT2D eigenvalue weighted by Gasteiger charge is 2.26. The van der Waals surface area contributed by atoms with Crippen molar-refractivity contribution < 1.29 is 18.3 Å². The van der Waals surface area contributed by atoms with E-state index in [0.29, 0.717) is 35.4 Å². The zero-order valence-electron chi connectivity index (χ0n) is 20.3. The van der Waals surface area contributed by atoms with Gasteiger partial charge in [-0.1, -0.05) is 6.92 Å². The molecule has 0 amide bonds. The molecule has 0 fully saturated rings. The average Bonchev–Trinajstić information content (AvgIpc) is 3.44. The quantitative estimate of drug-likeness (QED) is 0.310.